The Hall–Kier alpha value is -1.51. The van der Waals surface area contributed by atoms with Gasteiger partial charge in [-0.05, 0) is 23.6 Å². The largest absolute Gasteiger partial charge is 0.497 e. The number of methoxy groups -OCH3 is 2. The van der Waals surface area contributed by atoms with Crippen LogP contribution in [0, 0.1) is 0 Å². The molecule has 0 heterocycles. The highest BCUT2D eigenvalue weighted by atomic mass is 16.5. The average Bonchev–Trinajstić information content (AvgIpc) is 2.26. The monoisotopic (exact) mass is 208 g/mol. The molecule has 82 valence electrons. The first kappa shape index (κ1) is 11.6. The van der Waals surface area contributed by atoms with E-state index in [0.29, 0.717) is 11.3 Å². The summed E-state index contributed by atoms with van der Waals surface area (Å²) < 4.78 is 9.81. The highest BCUT2D eigenvalue weighted by Gasteiger charge is 2.15. The van der Waals surface area contributed by atoms with Gasteiger partial charge in [-0.3, -0.25) is 0 Å². The van der Waals surface area contributed by atoms with E-state index in [4.69, 9.17) is 9.47 Å². The third kappa shape index (κ3) is 2.49. The van der Waals surface area contributed by atoms with Crippen LogP contribution in [-0.2, 0) is 4.74 Å². The molecule has 1 aromatic carbocycles. The first-order valence-electron chi connectivity index (χ1n) is 4.86. The van der Waals surface area contributed by atoms with E-state index < -0.39 is 0 Å². The molecular formula is C12H16O3. The molecule has 0 N–H and O–H groups in total. The van der Waals surface area contributed by atoms with Crippen molar-refractivity contribution in [3.63, 3.8) is 0 Å². The van der Waals surface area contributed by atoms with Crippen molar-refractivity contribution >= 4 is 5.97 Å². The molecule has 0 atom stereocenters. The van der Waals surface area contributed by atoms with E-state index in [-0.39, 0.29) is 11.9 Å². The van der Waals surface area contributed by atoms with Crippen molar-refractivity contribution in [3.05, 3.63) is 29.3 Å². The molecule has 0 spiro atoms. The Morgan fingerprint density at radius 3 is 2.40 bits per heavy atom. The average molecular weight is 208 g/mol. The summed E-state index contributed by atoms with van der Waals surface area (Å²) in [5.74, 6) is 0.627. The van der Waals surface area contributed by atoms with Gasteiger partial charge in [-0.15, -0.1) is 0 Å². The Kier molecular flexibility index (Phi) is 3.72. The van der Waals surface area contributed by atoms with Crippen molar-refractivity contribution < 1.29 is 14.3 Å². The second kappa shape index (κ2) is 4.82. The smallest absolute Gasteiger partial charge is 0.338 e. The number of ether oxygens (including phenoxy) is 2. The third-order valence-electron chi connectivity index (χ3n) is 2.29. The van der Waals surface area contributed by atoms with Gasteiger partial charge in [0.2, 0.25) is 0 Å². The van der Waals surface area contributed by atoms with Crippen LogP contribution in [0.25, 0.3) is 0 Å². The van der Waals surface area contributed by atoms with E-state index in [1.807, 2.05) is 26.0 Å². The lowest BCUT2D eigenvalue weighted by Gasteiger charge is -2.12. The van der Waals surface area contributed by atoms with Gasteiger partial charge in [0.05, 0.1) is 19.8 Å². The van der Waals surface area contributed by atoms with E-state index >= 15 is 0 Å². The molecule has 3 nitrogen and oxygen atoms in total. The molecule has 0 amide bonds. The summed E-state index contributed by atoms with van der Waals surface area (Å²) in [6.07, 6.45) is 0. The van der Waals surface area contributed by atoms with Gasteiger partial charge < -0.3 is 9.47 Å². The standard InChI is InChI=1S/C12H16O3/c1-8(2)10-6-5-9(14-3)7-11(10)12(13)15-4/h5-8H,1-4H3. The molecule has 1 aromatic rings. The number of benzene rings is 1. The van der Waals surface area contributed by atoms with Gasteiger partial charge in [-0.2, -0.15) is 0 Å². The van der Waals surface area contributed by atoms with Crippen LogP contribution in [0.2, 0.25) is 0 Å². The molecule has 0 aliphatic heterocycles. The molecule has 1 rings (SSSR count). The Morgan fingerprint density at radius 2 is 1.93 bits per heavy atom. The molecule has 0 bridgehead atoms. The van der Waals surface area contributed by atoms with Crippen LogP contribution in [-0.4, -0.2) is 20.2 Å². The number of esters is 1. The summed E-state index contributed by atoms with van der Waals surface area (Å²) in [7, 11) is 2.96. The Morgan fingerprint density at radius 1 is 1.27 bits per heavy atom. The van der Waals surface area contributed by atoms with Gasteiger partial charge >= 0.3 is 5.97 Å². The summed E-state index contributed by atoms with van der Waals surface area (Å²) in [6, 6.07) is 5.46. The molecule has 0 unspecified atom stereocenters. The van der Waals surface area contributed by atoms with E-state index in [1.165, 1.54) is 7.11 Å². The highest BCUT2D eigenvalue weighted by Crippen LogP contribution is 2.24. The molecule has 0 saturated carbocycles. The molecule has 3 heteroatoms. The Labute approximate surface area is 90.0 Å². The van der Waals surface area contributed by atoms with Gasteiger partial charge in [0, 0.05) is 0 Å². The van der Waals surface area contributed by atoms with Crippen molar-refractivity contribution in [2.24, 2.45) is 0 Å². The third-order valence-corrected chi connectivity index (χ3v) is 2.29. The molecule has 15 heavy (non-hydrogen) atoms. The fourth-order valence-corrected chi connectivity index (χ4v) is 1.45. The quantitative estimate of drug-likeness (QED) is 0.716. The summed E-state index contributed by atoms with van der Waals surface area (Å²) >= 11 is 0. The fraction of sp³-hybridized carbons (Fsp3) is 0.417. The molecule has 0 aliphatic rings. The molecule has 0 aliphatic carbocycles. The van der Waals surface area contributed by atoms with Crippen LogP contribution in [0.1, 0.15) is 35.7 Å². The summed E-state index contributed by atoms with van der Waals surface area (Å²) in [6.45, 7) is 4.07. The summed E-state index contributed by atoms with van der Waals surface area (Å²) in [4.78, 5) is 11.5. The molecule has 0 radical (unpaired) electrons. The van der Waals surface area contributed by atoms with E-state index in [0.717, 1.165) is 5.56 Å². The lowest BCUT2D eigenvalue weighted by Crippen LogP contribution is -2.07. The van der Waals surface area contributed by atoms with Crippen LogP contribution in [0.15, 0.2) is 18.2 Å². The maximum absolute atomic E-state index is 11.5. The molecule has 0 aromatic heterocycles. The number of carbonyl (C=O) groups is 1. The fourth-order valence-electron chi connectivity index (χ4n) is 1.45. The zero-order chi connectivity index (χ0) is 11.4. The number of hydrogen-bond acceptors (Lipinski definition) is 3. The van der Waals surface area contributed by atoms with Crippen LogP contribution < -0.4 is 4.74 Å². The predicted octanol–water partition coefficient (Wildman–Crippen LogP) is 2.61. The van der Waals surface area contributed by atoms with Crippen LogP contribution >= 0.6 is 0 Å². The number of rotatable bonds is 3. The minimum Gasteiger partial charge on any atom is -0.497 e. The lowest BCUT2D eigenvalue weighted by molar-refractivity contribution is 0.0598. The van der Waals surface area contributed by atoms with Gasteiger partial charge in [0.25, 0.3) is 0 Å². The van der Waals surface area contributed by atoms with Gasteiger partial charge in [0.1, 0.15) is 5.75 Å². The molecule has 0 fully saturated rings. The van der Waals surface area contributed by atoms with Gasteiger partial charge in [-0.1, -0.05) is 19.9 Å². The minimum absolute atomic E-state index is 0.282. The maximum atomic E-state index is 11.5. The zero-order valence-electron chi connectivity index (χ0n) is 9.53. The van der Waals surface area contributed by atoms with Crippen molar-refractivity contribution in [1.82, 2.24) is 0 Å². The second-order valence-corrected chi connectivity index (χ2v) is 3.60. The Bertz CT molecular complexity index is 356. The van der Waals surface area contributed by atoms with Crippen molar-refractivity contribution in [1.29, 1.82) is 0 Å². The first-order valence-corrected chi connectivity index (χ1v) is 4.86. The van der Waals surface area contributed by atoms with Crippen LogP contribution in [0.5, 0.6) is 5.75 Å². The first-order chi connectivity index (χ1) is 7.10. The van der Waals surface area contributed by atoms with Crippen molar-refractivity contribution in [3.8, 4) is 5.75 Å². The second-order valence-electron chi connectivity index (χ2n) is 3.60. The zero-order valence-corrected chi connectivity index (χ0v) is 9.53. The van der Waals surface area contributed by atoms with Gasteiger partial charge in [0.15, 0.2) is 0 Å². The highest BCUT2D eigenvalue weighted by molar-refractivity contribution is 5.91. The molecular weight excluding hydrogens is 192 g/mol. The summed E-state index contributed by atoms with van der Waals surface area (Å²) in [5, 5.41) is 0. The topological polar surface area (TPSA) is 35.5 Å². The normalized spacial score (nSPS) is 10.2. The van der Waals surface area contributed by atoms with E-state index in [2.05, 4.69) is 0 Å². The predicted molar refractivity (Wildman–Crippen MR) is 58.4 cm³/mol. The number of carbonyl (C=O) groups excluding carboxylic acids is 1. The van der Waals surface area contributed by atoms with Crippen molar-refractivity contribution in [2.45, 2.75) is 19.8 Å². The van der Waals surface area contributed by atoms with E-state index in [1.54, 1.807) is 13.2 Å². The van der Waals surface area contributed by atoms with Gasteiger partial charge in [-0.25, -0.2) is 4.79 Å². The Balaban J connectivity index is 3.22. The maximum Gasteiger partial charge on any atom is 0.338 e. The lowest BCUT2D eigenvalue weighted by atomic mass is 9.97. The minimum atomic E-state index is -0.322. The van der Waals surface area contributed by atoms with Crippen LogP contribution in [0.3, 0.4) is 0 Å². The SMILES string of the molecule is COC(=O)c1cc(OC)ccc1C(C)C. The number of hydrogen-bond donors (Lipinski definition) is 0. The van der Waals surface area contributed by atoms with Crippen LogP contribution in [0.4, 0.5) is 0 Å². The van der Waals surface area contributed by atoms with E-state index in [9.17, 15) is 4.79 Å². The summed E-state index contributed by atoms with van der Waals surface area (Å²) in [5.41, 5.74) is 1.55. The van der Waals surface area contributed by atoms with Crippen molar-refractivity contribution in [2.75, 3.05) is 14.2 Å². The molecule has 0 saturated heterocycles.